The molecule has 2 amide bonds. The molecule has 0 bridgehead atoms. The molecule has 2 aromatic rings. The van der Waals surface area contributed by atoms with E-state index in [1.807, 2.05) is 56.3 Å². The van der Waals surface area contributed by atoms with Crippen LogP contribution < -0.4 is 10.6 Å². The van der Waals surface area contributed by atoms with Gasteiger partial charge in [0.05, 0.1) is 0 Å². The smallest absolute Gasteiger partial charge is 0.323 e. The number of carbonyl (C=O) groups excluding carboxylic acids is 1. The first-order chi connectivity index (χ1) is 10.1. The van der Waals surface area contributed by atoms with E-state index in [2.05, 4.69) is 10.6 Å². The summed E-state index contributed by atoms with van der Waals surface area (Å²) in [6, 6.07) is 13.1. The van der Waals surface area contributed by atoms with Crippen LogP contribution in [-0.4, -0.2) is 17.7 Å². The number of amides is 2. The maximum atomic E-state index is 12.2. The summed E-state index contributed by atoms with van der Waals surface area (Å²) < 4.78 is 0. The van der Waals surface area contributed by atoms with Crippen LogP contribution in [-0.2, 0) is 6.42 Å². The Kier molecular flexibility index (Phi) is 4.95. The van der Waals surface area contributed by atoms with Gasteiger partial charge in [-0.3, -0.25) is 0 Å². The van der Waals surface area contributed by atoms with Crippen molar-refractivity contribution < 1.29 is 9.90 Å². The first-order valence-corrected chi connectivity index (χ1v) is 6.95. The molecule has 0 unspecified atom stereocenters. The highest BCUT2D eigenvalue weighted by Crippen LogP contribution is 2.20. The lowest BCUT2D eigenvalue weighted by molar-refractivity contribution is 0.262. The van der Waals surface area contributed by atoms with E-state index in [1.54, 1.807) is 0 Å². The molecule has 0 aliphatic carbocycles. The maximum Gasteiger partial charge on any atom is 0.323 e. The lowest BCUT2D eigenvalue weighted by Crippen LogP contribution is -2.21. The van der Waals surface area contributed by atoms with Gasteiger partial charge in [0.2, 0.25) is 0 Å². The van der Waals surface area contributed by atoms with Crippen molar-refractivity contribution in [2.75, 3.05) is 17.2 Å². The summed E-state index contributed by atoms with van der Waals surface area (Å²) in [4.78, 5) is 12.2. The lowest BCUT2D eigenvalue weighted by Gasteiger charge is -2.14. The standard InChI is InChI=1S/C17H20N2O2/c1-12-6-5-7-13(2)16(12)19-17(21)18-15-9-4-3-8-14(15)10-11-20/h3-9,20H,10-11H2,1-2H3,(H2,18,19,21). The minimum Gasteiger partial charge on any atom is -0.396 e. The van der Waals surface area contributed by atoms with Gasteiger partial charge < -0.3 is 15.7 Å². The molecule has 0 aromatic heterocycles. The van der Waals surface area contributed by atoms with Crippen molar-refractivity contribution in [3.05, 3.63) is 59.2 Å². The molecule has 0 heterocycles. The predicted octanol–water partition coefficient (Wildman–Crippen LogP) is 3.48. The third-order valence-electron chi connectivity index (χ3n) is 3.37. The number of hydrogen-bond donors (Lipinski definition) is 3. The molecule has 0 aliphatic rings. The summed E-state index contributed by atoms with van der Waals surface area (Å²) in [6.07, 6.45) is 0.514. The van der Waals surface area contributed by atoms with Crippen LogP contribution in [0.3, 0.4) is 0 Å². The van der Waals surface area contributed by atoms with E-state index in [0.29, 0.717) is 6.42 Å². The number of anilines is 2. The molecule has 4 heteroatoms. The van der Waals surface area contributed by atoms with Crippen LogP contribution in [0, 0.1) is 13.8 Å². The van der Waals surface area contributed by atoms with E-state index >= 15 is 0 Å². The van der Waals surface area contributed by atoms with E-state index in [4.69, 9.17) is 5.11 Å². The van der Waals surface area contributed by atoms with Crippen molar-refractivity contribution in [3.8, 4) is 0 Å². The highest BCUT2D eigenvalue weighted by Gasteiger charge is 2.09. The van der Waals surface area contributed by atoms with E-state index in [0.717, 1.165) is 28.1 Å². The van der Waals surface area contributed by atoms with Gasteiger partial charge in [0.15, 0.2) is 0 Å². The van der Waals surface area contributed by atoms with Gasteiger partial charge in [-0.25, -0.2) is 4.79 Å². The van der Waals surface area contributed by atoms with Crippen LogP contribution in [0.15, 0.2) is 42.5 Å². The maximum absolute atomic E-state index is 12.2. The summed E-state index contributed by atoms with van der Waals surface area (Å²) in [6.45, 7) is 3.97. The molecule has 0 fully saturated rings. The molecule has 0 aliphatic heterocycles. The second-order valence-electron chi connectivity index (χ2n) is 4.98. The Bertz CT molecular complexity index is 618. The predicted molar refractivity (Wildman–Crippen MR) is 85.8 cm³/mol. The third kappa shape index (κ3) is 3.83. The van der Waals surface area contributed by atoms with Gasteiger partial charge in [0.25, 0.3) is 0 Å². The van der Waals surface area contributed by atoms with Crippen LogP contribution in [0.4, 0.5) is 16.2 Å². The summed E-state index contributed by atoms with van der Waals surface area (Å²) in [5.74, 6) is 0. The molecule has 2 rings (SSSR count). The molecule has 0 radical (unpaired) electrons. The minimum atomic E-state index is -0.280. The molecule has 0 atom stereocenters. The number of nitrogens with one attached hydrogen (secondary N) is 2. The van der Waals surface area contributed by atoms with E-state index < -0.39 is 0 Å². The summed E-state index contributed by atoms with van der Waals surface area (Å²) in [5, 5.41) is 14.8. The first-order valence-electron chi connectivity index (χ1n) is 6.95. The number of rotatable bonds is 4. The van der Waals surface area contributed by atoms with Gasteiger partial charge >= 0.3 is 6.03 Å². The Morgan fingerprint density at radius 3 is 2.33 bits per heavy atom. The van der Waals surface area contributed by atoms with Gasteiger partial charge in [-0.2, -0.15) is 0 Å². The number of aryl methyl sites for hydroxylation is 2. The summed E-state index contributed by atoms with van der Waals surface area (Å²) >= 11 is 0. The Hall–Kier alpha value is -2.33. The van der Waals surface area contributed by atoms with Gasteiger partial charge in [0.1, 0.15) is 0 Å². The Morgan fingerprint density at radius 1 is 1.00 bits per heavy atom. The molecular formula is C17H20N2O2. The van der Waals surface area contributed by atoms with Gasteiger partial charge in [0, 0.05) is 18.0 Å². The average Bonchev–Trinajstić information content (AvgIpc) is 2.45. The summed E-state index contributed by atoms with van der Waals surface area (Å²) in [7, 11) is 0. The van der Waals surface area contributed by atoms with Crippen molar-refractivity contribution in [2.24, 2.45) is 0 Å². The second kappa shape index (κ2) is 6.90. The second-order valence-corrected chi connectivity index (χ2v) is 4.98. The fourth-order valence-corrected chi connectivity index (χ4v) is 2.26. The average molecular weight is 284 g/mol. The quantitative estimate of drug-likeness (QED) is 0.805. The van der Waals surface area contributed by atoms with Crippen molar-refractivity contribution in [3.63, 3.8) is 0 Å². The molecule has 0 saturated heterocycles. The fourth-order valence-electron chi connectivity index (χ4n) is 2.26. The van der Waals surface area contributed by atoms with Crippen molar-refractivity contribution in [2.45, 2.75) is 20.3 Å². The number of urea groups is 1. The van der Waals surface area contributed by atoms with Crippen molar-refractivity contribution in [1.82, 2.24) is 0 Å². The normalized spacial score (nSPS) is 10.2. The van der Waals surface area contributed by atoms with Gasteiger partial charge in [-0.05, 0) is 43.0 Å². The molecule has 21 heavy (non-hydrogen) atoms. The fraction of sp³-hybridized carbons (Fsp3) is 0.235. The summed E-state index contributed by atoms with van der Waals surface area (Å²) in [5.41, 5.74) is 4.50. The van der Waals surface area contributed by atoms with Crippen LogP contribution in [0.2, 0.25) is 0 Å². The zero-order valence-electron chi connectivity index (χ0n) is 12.3. The zero-order valence-corrected chi connectivity index (χ0v) is 12.3. The van der Waals surface area contributed by atoms with E-state index in [1.165, 1.54) is 0 Å². The Balaban J connectivity index is 2.12. The minimum absolute atomic E-state index is 0.0528. The SMILES string of the molecule is Cc1cccc(C)c1NC(=O)Nc1ccccc1CCO. The highest BCUT2D eigenvalue weighted by molar-refractivity contribution is 6.01. The third-order valence-corrected chi connectivity index (χ3v) is 3.37. The molecule has 110 valence electrons. The highest BCUT2D eigenvalue weighted by atomic mass is 16.3. The molecule has 4 nitrogen and oxygen atoms in total. The van der Waals surface area contributed by atoms with Crippen LogP contribution in [0.1, 0.15) is 16.7 Å². The number of aliphatic hydroxyl groups excluding tert-OH is 1. The van der Waals surface area contributed by atoms with Crippen molar-refractivity contribution >= 4 is 17.4 Å². The van der Waals surface area contributed by atoms with Crippen LogP contribution >= 0.6 is 0 Å². The number of para-hydroxylation sites is 2. The number of carbonyl (C=O) groups is 1. The van der Waals surface area contributed by atoms with Gasteiger partial charge in [-0.1, -0.05) is 36.4 Å². The number of aliphatic hydroxyl groups is 1. The van der Waals surface area contributed by atoms with Crippen molar-refractivity contribution in [1.29, 1.82) is 0 Å². The first kappa shape index (κ1) is 15.1. The largest absolute Gasteiger partial charge is 0.396 e. The Labute approximate surface area is 124 Å². The van der Waals surface area contributed by atoms with Gasteiger partial charge in [-0.15, -0.1) is 0 Å². The zero-order chi connectivity index (χ0) is 15.2. The lowest BCUT2D eigenvalue weighted by atomic mass is 10.1. The molecule has 0 saturated carbocycles. The molecule has 3 N–H and O–H groups in total. The number of benzene rings is 2. The number of hydrogen-bond acceptors (Lipinski definition) is 2. The molecular weight excluding hydrogens is 264 g/mol. The molecule has 2 aromatic carbocycles. The Morgan fingerprint density at radius 2 is 1.67 bits per heavy atom. The van der Waals surface area contributed by atoms with Crippen LogP contribution in [0.5, 0.6) is 0 Å². The van der Waals surface area contributed by atoms with E-state index in [9.17, 15) is 4.79 Å². The van der Waals surface area contributed by atoms with E-state index in [-0.39, 0.29) is 12.6 Å². The molecule has 0 spiro atoms. The van der Waals surface area contributed by atoms with Crippen LogP contribution in [0.25, 0.3) is 0 Å². The topological polar surface area (TPSA) is 61.4 Å². The monoisotopic (exact) mass is 284 g/mol.